The Bertz CT molecular complexity index is 391. The van der Waals surface area contributed by atoms with Crippen LogP contribution in [0.1, 0.15) is 25.8 Å². The molecule has 1 aromatic rings. The Labute approximate surface area is 101 Å². The highest BCUT2D eigenvalue weighted by atomic mass is 19.1. The van der Waals surface area contributed by atoms with E-state index in [1.807, 2.05) is 13.8 Å². The maximum Gasteiger partial charge on any atom is 0.224 e. The van der Waals surface area contributed by atoms with E-state index in [0.717, 1.165) is 0 Å². The fraction of sp³-hybridized carbons (Fsp3) is 0.462. The summed E-state index contributed by atoms with van der Waals surface area (Å²) < 4.78 is 13.3. The van der Waals surface area contributed by atoms with Crippen molar-refractivity contribution in [3.8, 4) is 0 Å². The summed E-state index contributed by atoms with van der Waals surface area (Å²) in [6.07, 6.45) is 0.484. The number of aliphatic hydroxyl groups excluding tert-OH is 1. The molecule has 4 heteroatoms. The van der Waals surface area contributed by atoms with Gasteiger partial charge in [0.05, 0.1) is 6.42 Å². The van der Waals surface area contributed by atoms with Gasteiger partial charge in [0.1, 0.15) is 5.82 Å². The van der Waals surface area contributed by atoms with Crippen molar-refractivity contribution in [1.29, 1.82) is 0 Å². The zero-order chi connectivity index (χ0) is 12.9. The van der Waals surface area contributed by atoms with Crippen LogP contribution in [0, 0.1) is 5.82 Å². The predicted molar refractivity (Wildman–Crippen MR) is 64.0 cm³/mol. The Balaban J connectivity index is 2.59. The third kappa shape index (κ3) is 4.53. The van der Waals surface area contributed by atoms with E-state index in [0.29, 0.717) is 12.0 Å². The standard InChI is InChI=1S/C13H18FNO2/c1-13(2,7-8-16)15-12(17)9-10-5-3-4-6-11(10)14/h3-6,16H,7-9H2,1-2H3,(H,15,17). The highest BCUT2D eigenvalue weighted by molar-refractivity contribution is 5.79. The maximum atomic E-state index is 13.3. The number of hydrogen-bond donors (Lipinski definition) is 2. The monoisotopic (exact) mass is 239 g/mol. The number of hydrogen-bond acceptors (Lipinski definition) is 2. The van der Waals surface area contributed by atoms with Crippen LogP contribution in [0.3, 0.4) is 0 Å². The van der Waals surface area contributed by atoms with Crippen LogP contribution < -0.4 is 5.32 Å². The molecule has 0 aliphatic carbocycles. The third-order valence-electron chi connectivity index (χ3n) is 2.52. The molecular weight excluding hydrogens is 221 g/mol. The molecule has 0 fully saturated rings. The molecule has 2 N–H and O–H groups in total. The van der Waals surface area contributed by atoms with Crippen molar-refractivity contribution in [3.05, 3.63) is 35.6 Å². The smallest absolute Gasteiger partial charge is 0.224 e. The molecule has 1 amide bonds. The SMILES string of the molecule is CC(C)(CCO)NC(=O)Cc1ccccc1F. The summed E-state index contributed by atoms with van der Waals surface area (Å²) in [6, 6.07) is 6.21. The van der Waals surface area contributed by atoms with Gasteiger partial charge >= 0.3 is 0 Å². The van der Waals surface area contributed by atoms with E-state index in [2.05, 4.69) is 5.32 Å². The zero-order valence-corrected chi connectivity index (χ0v) is 10.2. The highest BCUT2D eigenvalue weighted by Gasteiger charge is 2.20. The van der Waals surface area contributed by atoms with Crippen LogP contribution in [-0.2, 0) is 11.2 Å². The first-order chi connectivity index (χ1) is 7.94. The van der Waals surface area contributed by atoms with Gasteiger partial charge in [-0.2, -0.15) is 0 Å². The first kappa shape index (κ1) is 13.6. The molecule has 17 heavy (non-hydrogen) atoms. The molecule has 0 saturated heterocycles. The second-order valence-corrected chi connectivity index (χ2v) is 4.67. The summed E-state index contributed by atoms with van der Waals surface area (Å²) >= 11 is 0. The summed E-state index contributed by atoms with van der Waals surface area (Å²) in [6.45, 7) is 3.65. The number of rotatable bonds is 5. The molecule has 0 atom stereocenters. The van der Waals surface area contributed by atoms with Gasteiger partial charge in [-0.15, -0.1) is 0 Å². The molecule has 1 aromatic carbocycles. The minimum atomic E-state index is -0.475. The quantitative estimate of drug-likeness (QED) is 0.820. The van der Waals surface area contributed by atoms with Gasteiger partial charge in [-0.25, -0.2) is 4.39 Å². The van der Waals surface area contributed by atoms with E-state index in [1.165, 1.54) is 6.07 Å². The summed E-state index contributed by atoms with van der Waals surface area (Å²) in [5, 5.41) is 11.6. The Kier molecular flexibility index (Phi) is 4.63. The van der Waals surface area contributed by atoms with Crippen molar-refractivity contribution in [2.24, 2.45) is 0 Å². The van der Waals surface area contributed by atoms with Crippen LogP contribution in [0.25, 0.3) is 0 Å². The van der Waals surface area contributed by atoms with Crippen LogP contribution in [-0.4, -0.2) is 23.2 Å². The molecule has 0 spiro atoms. The zero-order valence-electron chi connectivity index (χ0n) is 10.2. The summed E-state index contributed by atoms with van der Waals surface area (Å²) in [4.78, 5) is 11.7. The molecule has 0 heterocycles. The number of halogens is 1. The van der Waals surface area contributed by atoms with E-state index >= 15 is 0 Å². The second kappa shape index (κ2) is 5.77. The van der Waals surface area contributed by atoms with Gasteiger partial charge in [0, 0.05) is 12.1 Å². The van der Waals surface area contributed by atoms with Crippen LogP contribution in [0.5, 0.6) is 0 Å². The lowest BCUT2D eigenvalue weighted by Crippen LogP contribution is -2.44. The van der Waals surface area contributed by atoms with Gasteiger partial charge in [0.25, 0.3) is 0 Å². The molecule has 0 aliphatic rings. The molecule has 3 nitrogen and oxygen atoms in total. The number of aliphatic hydroxyl groups is 1. The molecular formula is C13H18FNO2. The number of benzene rings is 1. The van der Waals surface area contributed by atoms with Gasteiger partial charge in [0.2, 0.25) is 5.91 Å². The minimum absolute atomic E-state index is 0.00692. The van der Waals surface area contributed by atoms with Gasteiger partial charge < -0.3 is 10.4 Å². The Morgan fingerprint density at radius 1 is 1.41 bits per heavy atom. The van der Waals surface area contributed by atoms with Crippen molar-refractivity contribution < 1.29 is 14.3 Å². The van der Waals surface area contributed by atoms with Gasteiger partial charge in [-0.3, -0.25) is 4.79 Å². The number of nitrogens with one attached hydrogen (secondary N) is 1. The molecule has 0 aliphatic heterocycles. The second-order valence-electron chi connectivity index (χ2n) is 4.67. The van der Waals surface area contributed by atoms with Crippen molar-refractivity contribution in [2.75, 3.05) is 6.61 Å². The summed E-state index contributed by atoms with van der Waals surface area (Å²) in [5.41, 5.74) is -0.0957. The average molecular weight is 239 g/mol. The first-order valence-corrected chi connectivity index (χ1v) is 5.60. The van der Waals surface area contributed by atoms with Crippen molar-refractivity contribution in [3.63, 3.8) is 0 Å². The van der Waals surface area contributed by atoms with Crippen molar-refractivity contribution in [2.45, 2.75) is 32.2 Å². The van der Waals surface area contributed by atoms with Crippen molar-refractivity contribution in [1.82, 2.24) is 5.32 Å². The lowest BCUT2D eigenvalue weighted by molar-refractivity contribution is -0.122. The average Bonchev–Trinajstić information content (AvgIpc) is 2.20. The molecule has 94 valence electrons. The first-order valence-electron chi connectivity index (χ1n) is 5.60. The Hall–Kier alpha value is -1.42. The van der Waals surface area contributed by atoms with Crippen LogP contribution in [0.15, 0.2) is 24.3 Å². The molecule has 0 saturated carbocycles. The fourth-order valence-corrected chi connectivity index (χ4v) is 1.58. The summed E-state index contributed by atoms with van der Waals surface area (Å²) in [7, 11) is 0. The van der Waals surface area contributed by atoms with E-state index < -0.39 is 5.54 Å². The van der Waals surface area contributed by atoms with E-state index in [4.69, 9.17) is 5.11 Å². The van der Waals surface area contributed by atoms with E-state index in [1.54, 1.807) is 18.2 Å². The lowest BCUT2D eigenvalue weighted by Gasteiger charge is -2.25. The molecule has 0 bridgehead atoms. The predicted octanol–water partition coefficient (Wildman–Crippen LogP) is 1.65. The molecule has 0 radical (unpaired) electrons. The highest BCUT2D eigenvalue weighted by Crippen LogP contribution is 2.10. The van der Waals surface area contributed by atoms with Crippen LogP contribution in [0.2, 0.25) is 0 Å². The molecule has 0 unspecified atom stereocenters. The maximum absolute atomic E-state index is 13.3. The van der Waals surface area contributed by atoms with Crippen LogP contribution >= 0.6 is 0 Å². The number of carbonyl (C=O) groups excluding carboxylic acids is 1. The molecule has 0 aromatic heterocycles. The third-order valence-corrected chi connectivity index (χ3v) is 2.52. The number of carbonyl (C=O) groups is 1. The van der Waals surface area contributed by atoms with E-state index in [-0.39, 0.29) is 24.8 Å². The van der Waals surface area contributed by atoms with Gasteiger partial charge in [-0.1, -0.05) is 18.2 Å². The Morgan fingerprint density at radius 3 is 2.65 bits per heavy atom. The van der Waals surface area contributed by atoms with E-state index in [9.17, 15) is 9.18 Å². The molecule has 1 rings (SSSR count). The largest absolute Gasteiger partial charge is 0.396 e. The Morgan fingerprint density at radius 2 is 2.06 bits per heavy atom. The fourth-order valence-electron chi connectivity index (χ4n) is 1.58. The lowest BCUT2D eigenvalue weighted by atomic mass is 10.0. The van der Waals surface area contributed by atoms with Gasteiger partial charge in [-0.05, 0) is 31.9 Å². The summed E-state index contributed by atoms with van der Waals surface area (Å²) in [5.74, 6) is -0.615. The topological polar surface area (TPSA) is 49.3 Å². The number of amides is 1. The van der Waals surface area contributed by atoms with Crippen molar-refractivity contribution >= 4 is 5.91 Å². The van der Waals surface area contributed by atoms with Gasteiger partial charge in [0.15, 0.2) is 0 Å². The van der Waals surface area contributed by atoms with Crippen LogP contribution in [0.4, 0.5) is 4.39 Å². The minimum Gasteiger partial charge on any atom is -0.396 e. The normalized spacial score (nSPS) is 11.3.